The number of aliphatic hydroxyl groups is 1. The lowest BCUT2D eigenvalue weighted by Crippen LogP contribution is -2.13. The summed E-state index contributed by atoms with van der Waals surface area (Å²) in [6.45, 7) is 11.1. The van der Waals surface area contributed by atoms with Crippen LogP contribution in [0.3, 0.4) is 0 Å². The zero-order valence-electron chi connectivity index (χ0n) is 12.7. The van der Waals surface area contributed by atoms with Crippen LogP contribution in [0.25, 0.3) is 0 Å². The Kier molecular flexibility index (Phi) is 9.91. The second-order valence-corrected chi connectivity index (χ2v) is 6.20. The molecule has 0 aliphatic heterocycles. The first kappa shape index (κ1) is 17.0. The molecule has 0 aromatic rings. The largest absolute Gasteiger partial charge is 0.393 e. The molecule has 104 valence electrons. The zero-order chi connectivity index (χ0) is 13.3. The Balaban J connectivity index is 3.43. The van der Waals surface area contributed by atoms with Crippen LogP contribution in [0.15, 0.2) is 0 Å². The smallest absolute Gasteiger partial charge is 0.0537 e. The number of aliphatic hydroxyl groups excluding tert-OH is 1. The molecule has 0 aromatic heterocycles. The third-order valence-corrected chi connectivity index (χ3v) is 4.27. The number of hydrogen-bond acceptors (Lipinski definition) is 1. The second-order valence-electron chi connectivity index (χ2n) is 6.20. The fourth-order valence-corrected chi connectivity index (χ4v) is 2.19. The van der Waals surface area contributed by atoms with Crippen LogP contribution in [0.2, 0.25) is 0 Å². The molecule has 1 N–H and O–H groups in total. The minimum Gasteiger partial charge on any atom is -0.393 e. The van der Waals surface area contributed by atoms with Crippen LogP contribution < -0.4 is 0 Å². The summed E-state index contributed by atoms with van der Waals surface area (Å²) in [5.74, 6) is 2.22. The molecule has 0 bridgehead atoms. The summed E-state index contributed by atoms with van der Waals surface area (Å²) in [6, 6.07) is 0. The first-order chi connectivity index (χ1) is 7.97. The normalized spacial score (nSPS) is 18.7. The molecule has 17 heavy (non-hydrogen) atoms. The molecule has 0 aromatic carbocycles. The Morgan fingerprint density at radius 3 is 1.71 bits per heavy atom. The quantitative estimate of drug-likeness (QED) is 0.570. The van der Waals surface area contributed by atoms with Crippen molar-refractivity contribution >= 4 is 0 Å². The zero-order valence-corrected chi connectivity index (χ0v) is 12.7. The molecule has 0 aliphatic carbocycles. The van der Waals surface area contributed by atoms with Crippen LogP contribution in [-0.2, 0) is 0 Å². The first-order valence-corrected chi connectivity index (χ1v) is 7.65. The van der Waals surface area contributed by atoms with Gasteiger partial charge in [-0.15, -0.1) is 0 Å². The van der Waals surface area contributed by atoms with Crippen LogP contribution in [0.1, 0.15) is 79.6 Å². The summed E-state index contributed by atoms with van der Waals surface area (Å²) < 4.78 is 0. The van der Waals surface area contributed by atoms with E-state index in [9.17, 15) is 5.11 Å². The fourth-order valence-electron chi connectivity index (χ4n) is 2.19. The predicted molar refractivity (Wildman–Crippen MR) is 77.2 cm³/mol. The van der Waals surface area contributed by atoms with Gasteiger partial charge in [-0.05, 0) is 31.1 Å². The molecule has 0 rings (SSSR count). The SMILES string of the molecule is CC[C@H](C)CCC[C@@H](C)CCC[C@H](C)[C@H](C)O. The van der Waals surface area contributed by atoms with Crippen LogP contribution in [-0.4, -0.2) is 11.2 Å². The lowest BCUT2D eigenvalue weighted by atomic mass is 9.91. The van der Waals surface area contributed by atoms with Gasteiger partial charge in [0.2, 0.25) is 0 Å². The molecular formula is C16H34O. The summed E-state index contributed by atoms with van der Waals surface area (Å²) >= 11 is 0. The van der Waals surface area contributed by atoms with Gasteiger partial charge in [0.25, 0.3) is 0 Å². The highest BCUT2D eigenvalue weighted by atomic mass is 16.3. The molecule has 0 heterocycles. The highest BCUT2D eigenvalue weighted by Gasteiger charge is 2.09. The maximum Gasteiger partial charge on any atom is 0.0537 e. The van der Waals surface area contributed by atoms with E-state index in [0.29, 0.717) is 5.92 Å². The average Bonchev–Trinajstić information content (AvgIpc) is 2.28. The Labute approximate surface area is 109 Å². The summed E-state index contributed by atoms with van der Waals surface area (Å²) in [7, 11) is 0. The summed E-state index contributed by atoms with van der Waals surface area (Å²) in [5, 5.41) is 9.42. The van der Waals surface area contributed by atoms with Crippen LogP contribution in [0.4, 0.5) is 0 Å². The van der Waals surface area contributed by atoms with E-state index in [1.807, 2.05) is 6.92 Å². The molecule has 0 spiro atoms. The van der Waals surface area contributed by atoms with Crippen molar-refractivity contribution < 1.29 is 5.11 Å². The fraction of sp³-hybridized carbons (Fsp3) is 1.00. The van der Waals surface area contributed by atoms with Crippen molar-refractivity contribution in [2.45, 2.75) is 85.7 Å². The first-order valence-electron chi connectivity index (χ1n) is 7.65. The van der Waals surface area contributed by atoms with Gasteiger partial charge in [-0.2, -0.15) is 0 Å². The monoisotopic (exact) mass is 242 g/mol. The molecule has 1 nitrogen and oxygen atoms in total. The standard InChI is InChI=1S/C16H34O/c1-6-13(2)9-7-10-14(3)11-8-12-15(4)16(5)17/h13-17H,6-12H2,1-5H3/t13-,14+,15-,16-/m0/s1. The van der Waals surface area contributed by atoms with E-state index in [4.69, 9.17) is 0 Å². The van der Waals surface area contributed by atoms with Crippen molar-refractivity contribution in [1.29, 1.82) is 0 Å². The number of rotatable bonds is 10. The predicted octanol–water partition coefficient (Wildman–Crippen LogP) is 5.03. The van der Waals surface area contributed by atoms with Crippen LogP contribution >= 0.6 is 0 Å². The van der Waals surface area contributed by atoms with Gasteiger partial charge in [0, 0.05) is 0 Å². The van der Waals surface area contributed by atoms with E-state index in [0.717, 1.165) is 11.8 Å². The minimum absolute atomic E-state index is 0.143. The van der Waals surface area contributed by atoms with E-state index in [2.05, 4.69) is 27.7 Å². The topological polar surface area (TPSA) is 20.2 Å². The van der Waals surface area contributed by atoms with Gasteiger partial charge in [0.15, 0.2) is 0 Å². The lowest BCUT2D eigenvalue weighted by molar-refractivity contribution is 0.127. The van der Waals surface area contributed by atoms with Gasteiger partial charge in [0.05, 0.1) is 6.10 Å². The average molecular weight is 242 g/mol. The maximum absolute atomic E-state index is 9.42. The molecule has 0 unspecified atom stereocenters. The van der Waals surface area contributed by atoms with Gasteiger partial charge in [-0.3, -0.25) is 0 Å². The Bertz CT molecular complexity index is 165. The molecule has 4 atom stereocenters. The van der Waals surface area contributed by atoms with Crippen molar-refractivity contribution in [3.05, 3.63) is 0 Å². The third kappa shape index (κ3) is 9.64. The van der Waals surface area contributed by atoms with Crippen molar-refractivity contribution in [1.82, 2.24) is 0 Å². The van der Waals surface area contributed by atoms with Gasteiger partial charge >= 0.3 is 0 Å². The van der Waals surface area contributed by atoms with E-state index < -0.39 is 0 Å². The summed E-state index contributed by atoms with van der Waals surface area (Å²) in [4.78, 5) is 0. The van der Waals surface area contributed by atoms with Gasteiger partial charge in [-0.25, -0.2) is 0 Å². The molecule has 0 fully saturated rings. The van der Waals surface area contributed by atoms with E-state index in [-0.39, 0.29) is 6.10 Å². The van der Waals surface area contributed by atoms with Crippen LogP contribution in [0.5, 0.6) is 0 Å². The Morgan fingerprint density at radius 2 is 1.24 bits per heavy atom. The molecule has 0 saturated carbocycles. The maximum atomic E-state index is 9.42. The molecule has 0 saturated heterocycles. The van der Waals surface area contributed by atoms with Crippen molar-refractivity contribution in [3.8, 4) is 0 Å². The Hall–Kier alpha value is -0.0400. The molecule has 0 radical (unpaired) electrons. The van der Waals surface area contributed by atoms with Crippen LogP contribution in [0, 0.1) is 17.8 Å². The summed E-state index contributed by atoms with van der Waals surface area (Å²) in [5.41, 5.74) is 0. The van der Waals surface area contributed by atoms with Crippen molar-refractivity contribution in [2.24, 2.45) is 17.8 Å². The minimum atomic E-state index is -0.143. The van der Waals surface area contributed by atoms with E-state index >= 15 is 0 Å². The molecule has 0 amide bonds. The molecule has 1 heteroatoms. The summed E-state index contributed by atoms with van der Waals surface area (Å²) in [6.07, 6.45) is 9.12. The lowest BCUT2D eigenvalue weighted by Gasteiger charge is -2.16. The van der Waals surface area contributed by atoms with E-state index in [1.54, 1.807) is 0 Å². The highest BCUT2D eigenvalue weighted by molar-refractivity contribution is 4.62. The molecular weight excluding hydrogens is 208 g/mol. The van der Waals surface area contributed by atoms with Crippen molar-refractivity contribution in [3.63, 3.8) is 0 Å². The van der Waals surface area contributed by atoms with Gasteiger partial charge in [0.1, 0.15) is 0 Å². The highest BCUT2D eigenvalue weighted by Crippen LogP contribution is 2.20. The Morgan fingerprint density at radius 1 is 0.765 bits per heavy atom. The van der Waals surface area contributed by atoms with Gasteiger partial charge in [-0.1, -0.05) is 66.2 Å². The van der Waals surface area contributed by atoms with E-state index in [1.165, 1.54) is 44.9 Å². The molecule has 0 aliphatic rings. The van der Waals surface area contributed by atoms with Gasteiger partial charge < -0.3 is 5.11 Å². The third-order valence-electron chi connectivity index (χ3n) is 4.27. The van der Waals surface area contributed by atoms with Crippen molar-refractivity contribution in [2.75, 3.05) is 0 Å². The number of hydrogen-bond donors (Lipinski definition) is 1. The second kappa shape index (κ2) is 9.94.